The van der Waals surface area contributed by atoms with E-state index in [0.29, 0.717) is 24.8 Å². The number of rotatable bonds is 2. The van der Waals surface area contributed by atoms with Crippen LogP contribution in [0.25, 0.3) is 0 Å². The molecule has 0 saturated carbocycles. The lowest BCUT2D eigenvalue weighted by molar-refractivity contribution is 0.0249. The summed E-state index contributed by atoms with van der Waals surface area (Å²) in [5.41, 5.74) is 11.0. The van der Waals surface area contributed by atoms with Gasteiger partial charge >= 0.3 is 0 Å². The van der Waals surface area contributed by atoms with Crippen LogP contribution in [-0.4, -0.2) is 44.2 Å². The molecule has 1 aliphatic rings. The maximum absolute atomic E-state index is 9.79. The van der Waals surface area contributed by atoms with Gasteiger partial charge in [0.15, 0.2) is 0 Å². The number of aliphatic hydroxyl groups is 1. The fourth-order valence-electron chi connectivity index (χ4n) is 1.99. The summed E-state index contributed by atoms with van der Waals surface area (Å²) in [6, 6.07) is 0. The topological polar surface area (TPSA) is 114 Å². The molecule has 0 amide bonds. The van der Waals surface area contributed by atoms with Gasteiger partial charge in [-0.05, 0) is 18.9 Å². The zero-order chi connectivity index (χ0) is 12.4. The maximum Gasteiger partial charge on any atom is 0.225 e. The molecule has 17 heavy (non-hydrogen) atoms. The Morgan fingerprint density at radius 1 is 1.29 bits per heavy atom. The number of anilines is 2. The third kappa shape index (κ3) is 3.01. The van der Waals surface area contributed by atoms with Crippen molar-refractivity contribution in [1.82, 2.24) is 19.9 Å². The maximum atomic E-state index is 9.79. The zero-order valence-corrected chi connectivity index (χ0v) is 9.87. The molecule has 5 N–H and O–H groups in total. The summed E-state index contributed by atoms with van der Waals surface area (Å²) < 4.78 is 0. The summed E-state index contributed by atoms with van der Waals surface area (Å²) >= 11 is 0. The minimum atomic E-state index is -0.291. The van der Waals surface area contributed by atoms with Crippen LogP contribution in [-0.2, 0) is 6.54 Å². The number of nitrogens with zero attached hydrogens (tertiary/aromatic N) is 4. The average molecular weight is 238 g/mol. The summed E-state index contributed by atoms with van der Waals surface area (Å²) in [4.78, 5) is 13.9. The molecular weight excluding hydrogens is 220 g/mol. The van der Waals surface area contributed by atoms with Gasteiger partial charge in [-0.15, -0.1) is 0 Å². The molecule has 7 heteroatoms. The van der Waals surface area contributed by atoms with E-state index in [4.69, 9.17) is 11.5 Å². The lowest BCUT2D eigenvalue weighted by atomic mass is 9.96. The van der Waals surface area contributed by atoms with Gasteiger partial charge in [-0.3, -0.25) is 4.90 Å². The molecule has 2 atom stereocenters. The molecule has 0 spiro atoms. The van der Waals surface area contributed by atoms with E-state index in [9.17, 15) is 5.11 Å². The molecule has 2 heterocycles. The molecule has 1 aliphatic heterocycles. The summed E-state index contributed by atoms with van der Waals surface area (Å²) in [5, 5.41) is 9.79. The smallest absolute Gasteiger partial charge is 0.225 e. The summed E-state index contributed by atoms with van der Waals surface area (Å²) in [6.07, 6.45) is 0.678. The highest BCUT2D eigenvalue weighted by atomic mass is 16.3. The van der Waals surface area contributed by atoms with Gasteiger partial charge in [0.1, 0.15) is 5.82 Å². The lowest BCUT2D eigenvalue weighted by Gasteiger charge is -2.33. The molecule has 0 radical (unpaired) electrons. The average Bonchev–Trinajstić information content (AvgIpc) is 2.22. The third-order valence-corrected chi connectivity index (χ3v) is 3.08. The second kappa shape index (κ2) is 4.80. The molecule has 1 aromatic heterocycles. The molecule has 1 fully saturated rings. The number of hydrogen-bond acceptors (Lipinski definition) is 7. The van der Waals surface area contributed by atoms with Crippen molar-refractivity contribution in [2.45, 2.75) is 26.0 Å². The normalized spacial score (nSPS) is 26.0. The van der Waals surface area contributed by atoms with Gasteiger partial charge < -0.3 is 16.6 Å². The third-order valence-electron chi connectivity index (χ3n) is 3.08. The summed E-state index contributed by atoms with van der Waals surface area (Å²) in [5.74, 6) is 1.17. The van der Waals surface area contributed by atoms with Crippen molar-refractivity contribution in [2.75, 3.05) is 24.6 Å². The van der Waals surface area contributed by atoms with Crippen LogP contribution >= 0.6 is 0 Å². The van der Waals surface area contributed by atoms with E-state index in [1.165, 1.54) is 0 Å². The lowest BCUT2D eigenvalue weighted by Crippen LogP contribution is -2.42. The van der Waals surface area contributed by atoms with Crippen molar-refractivity contribution in [1.29, 1.82) is 0 Å². The predicted molar refractivity (Wildman–Crippen MR) is 63.7 cm³/mol. The van der Waals surface area contributed by atoms with Crippen LogP contribution in [0.1, 0.15) is 19.2 Å². The van der Waals surface area contributed by atoms with Gasteiger partial charge in [0.2, 0.25) is 11.9 Å². The van der Waals surface area contributed by atoms with E-state index < -0.39 is 0 Å². The van der Waals surface area contributed by atoms with E-state index in [1.54, 1.807) is 0 Å². The quantitative estimate of drug-likeness (QED) is 0.620. The summed E-state index contributed by atoms with van der Waals surface area (Å²) in [7, 11) is 0. The second-order valence-corrected chi connectivity index (χ2v) is 4.54. The van der Waals surface area contributed by atoms with Gasteiger partial charge in [0.25, 0.3) is 0 Å². The predicted octanol–water partition coefficient (Wildman–Crippen LogP) is -0.761. The Hall–Kier alpha value is -1.47. The number of hydrogen-bond donors (Lipinski definition) is 3. The highest BCUT2D eigenvalue weighted by molar-refractivity contribution is 5.25. The van der Waals surface area contributed by atoms with E-state index in [-0.39, 0.29) is 18.0 Å². The molecule has 0 aromatic carbocycles. The van der Waals surface area contributed by atoms with Gasteiger partial charge in [-0.1, -0.05) is 6.92 Å². The first kappa shape index (κ1) is 12.0. The molecule has 0 bridgehead atoms. The van der Waals surface area contributed by atoms with Crippen LogP contribution in [0.2, 0.25) is 0 Å². The highest BCUT2D eigenvalue weighted by Crippen LogP contribution is 2.18. The van der Waals surface area contributed by atoms with Crippen molar-refractivity contribution >= 4 is 11.9 Å². The van der Waals surface area contributed by atoms with Crippen LogP contribution in [0.15, 0.2) is 0 Å². The number of aliphatic hydroxyl groups excluding tert-OH is 1. The molecule has 0 aliphatic carbocycles. The Kier molecular flexibility index (Phi) is 3.39. The van der Waals surface area contributed by atoms with Gasteiger partial charge in [0, 0.05) is 6.54 Å². The second-order valence-electron chi connectivity index (χ2n) is 4.54. The van der Waals surface area contributed by atoms with Crippen molar-refractivity contribution in [3.05, 3.63) is 5.82 Å². The van der Waals surface area contributed by atoms with Crippen LogP contribution < -0.4 is 11.5 Å². The van der Waals surface area contributed by atoms with E-state index in [1.807, 2.05) is 0 Å². The van der Waals surface area contributed by atoms with Gasteiger partial charge in [0.05, 0.1) is 12.6 Å². The number of nitrogen functional groups attached to an aromatic ring is 2. The molecule has 1 saturated heterocycles. The molecule has 2 rings (SSSR count). The van der Waals surface area contributed by atoms with E-state index in [0.717, 1.165) is 13.0 Å². The van der Waals surface area contributed by atoms with Crippen LogP contribution in [0.3, 0.4) is 0 Å². The van der Waals surface area contributed by atoms with Crippen LogP contribution in [0.4, 0.5) is 11.9 Å². The Balaban J connectivity index is 2.01. The summed E-state index contributed by atoms with van der Waals surface area (Å²) in [6.45, 7) is 4.15. The largest absolute Gasteiger partial charge is 0.392 e. The van der Waals surface area contributed by atoms with Crippen molar-refractivity contribution < 1.29 is 5.11 Å². The fraction of sp³-hybridized carbons (Fsp3) is 0.700. The van der Waals surface area contributed by atoms with Gasteiger partial charge in [-0.25, -0.2) is 0 Å². The van der Waals surface area contributed by atoms with Gasteiger partial charge in [-0.2, -0.15) is 15.0 Å². The number of likely N-dealkylation sites (tertiary alicyclic amines) is 1. The standard InChI is InChI=1S/C10H18N6O/c1-6-2-3-16(4-7(6)17)5-8-13-9(11)15-10(12)14-8/h6-7,17H,2-5H2,1H3,(H4,11,12,13,14,15). The number of piperidine rings is 1. The number of aromatic nitrogens is 3. The highest BCUT2D eigenvalue weighted by Gasteiger charge is 2.24. The molecular formula is C10H18N6O. The molecule has 7 nitrogen and oxygen atoms in total. The Morgan fingerprint density at radius 2 is 1.94 bits per heavy atom. The minimum Gasteiger partial charge on any atom is -0.392 e. The first-order valence-electron chi connectivity index (χ1n) is 5.71. The van der Waals surface area contributed by atoms with Crippen molar-refractivity contribution in [3.63, 3.8) is 0 Å². The van der Waals surface area contributed by atoms with Crippen molar-refractivity contribution in [3.8, 4) is 0 Å². The Labute approximate surface area is 99.9 Å². The Morgan fingerprint density at radius 3 is 2.53 bits per heavy atom. The first-order chi connectivity index (χ1) is 8.04. The number of nitrogens with two attached hydrogens (primary N) is 2. The molecule has 1 aromatic rings. The minimum absolute atomic E-state index is 0.137. The molecule has 2 unspecified atom stereocenters. The van der Waals surface area contributed by atoms with E-state index >= 15 is 0 Å². The van der Waals surface area contributed by atoms with Crippen LogP contribution in [0.5, 0.6) is 0 Å². The Bertz CT molecular complexity index is 378. The first-order valence-corrected chi connectivity index (χ1v) is 5.71. The van der Waals surface area contributed by atoms with E-state index in [2.05, 4.69) is 26.8 Å². The SMILES string of the molecule is CC1CCN(Cc2nc(N)nc(N)n2)CC1O. The monoisotopic (exact) mass is 238 g/mol. The number of β-amino-alcohol motifs (C(OH)–C–C–N with tert-alkyl or cyclic N) is 1. The van der Waals surface area contributed by atoms with Crippen molar-refractivity contribution in [2.24, 2.45) is 5.92 Å². The zero-order valence-electron chi connectivity index (χ0n) is 9.87. The molecule has 94 valence electrons. The fourth-order valence-corrected chi connectivity index (χ4v) is 1.99. The van der Waals surface area contributed by atoms with Crippen LogP contribution in [0, 0.1) is 5.92 Å².